The summed E-state index contributed by atoms with van der Waals surface area (Å²) < 4.78 is 0. The molecule has 0 aliphatic rings. The number of nitrogens with zero attached hydrogens (tertiary/aromatic N) is 2. The second-order valence-electron chi connectivity index (χ2n) is 5.32. The van der Waals surface area contributed by atoms with E-state index >= 15 is 0 Å². The van der Waals surface area contributed by atoms with Crippen molar-refractivity contribution in [3.63, 3.8) is 0 Å². The van der Waals surface area contributed by atoms with E-state index in [9.17, 15) is 4.79 Å². The molecule has 0 saturated carbocycles. The molecular weight excluding hydrogens is 264 g/mol. The molecule has 1 aromatic heterocycles. The molecule has 0 bridgehead atoms. The number of amides is 1. The van der Waals surface area contributed by atoms with Crippen LogP contribution in [0.3, 0.4) is 0 Å². The zero-order chi connectivity index (χ0) is 15.7. The second-order valence-corrected chi connectivity index (χ2v) is 5.32. The number of pyridine rings is 1. The topological polar surface area (TPSA) is 57.3 Å². The Morgan fingerprint density at radius 2 is 2.14 bits per heavy atom. The van der Waals surface area contributed by atoms with Crippen LogP contribution < -0.4 is 10.6 Å². The Labute approximate surface area is 128 Å². The Balaban J connectivity index is 2.52. The number of aromatic nitrogens is 1. The van der Waals surface area contributed by atoms with E-state index < -0.39 is 0 Å². The first kappa shape index (κ1) is 17.4. The lowest BCUT2D eigenvalue weighted by atomic mass is 10.2. The molecule has 0 aliphatic carbocycles. The third kappa shape index (κ3) is 5.71. The van der Waals surface area contributed by atoms with Gasteiger partial charge in [0.1, 0.15) is 5.82 Å². The van der Waals surface area contributed by atoms with Gasteiger partial charge in [-0.05, 0) is 38.9 Å². The van der Waals surface area contributed by atoms with Crippen LogP contribution in [-0.2, 0) is 0 Å². The van der Waals surface area contributed by atoms with E-state index in [-0.39, 0.29) is 5.91 Å². The van der Waals surface area contributed by atoms with Crippen molar-refractivity contribution in [3.05, 3.63) is 23.9 Å². The molecule has 2 N–H and O–H groups in total. The van der Waals surface area contributed by atoms with Crippen LogP contribution in [0, 0.1) is 0 Å². The Hall–Kier alpha value is -1.62. The zero-order valence-electron chi connectivity index (χ0n) is 13.6. The summed E-state index contributed by atoms with van der Waals surface area (Å²) in [4.78, 5) is 18.7. The highest BCUT2D eigenvalue weighted by atomic mass is 16.1. The van der Waals surface area contributed by atoms with Crippen LogP contribution in [0.25, 0.3) is 0 Å². The molecule has 0 spiro atoms. The minimum Gasteiger partial charge on any atom is -0.369 e. The summed E-state index contributed by atoms with van der Waals surface area (Å²) in [5.74, 6) is 0.589. The van der Waals surface area contributed by atoms with E-state index in [2.05, 4.69) is 48.3 Å². The summed E-state index contributed by atoms with van der Waals surface area (Å²) in [5, 5.41) is 6.15. The Morgan fingerprint density at radius 1 is 1.38 bits per heavy atom. The first-order chi connectivity index (χ1) is 10.1. The van der Waals surface area contributed by atoms with Gasteiger partial charge in [-0.15, -0.1) is 0 Å². The van der Waals surface area contributed by atoms with E-state index in [0.29, 0.717) is 24.0 Å². The van der Waals surface area contributed by atoms with Gasteiger partial charge in [-0.2, -0.15) is 0 Å². The minimum atomic E-state index is -0.0701. The molecule has 1 aromatic rings. The van der Waals surface area contributed by atoms with E-state index in [1.165, 1.54) is 0 Å². The molecule has 118 valence electrons. The van der Waals surface area contributed by atoms with Crippen molar-refractivity contribution in [1.82, 2.24) is 15.2 Å². The maximum absolute atomic E-state index is 12.2. The number of carbonyl (C=O) groups is 1. The quantitative estimate of drug-likeness (QED) is 0.733. The summed E-state index contributed by atoms with van der Waals surface area (Å²) in [6.45, 7) is 8.74. The van der Waals surface area contributed by atoms with Gasteiger partial charge < -0.3 is 15.5 Å². The van der Waals surface area contributed by atoms with E-state index in [4.69, 9.17) is 0 Å². The van der Waals surface area contributed by atoms with Gasteiger partial charge in [0.25, 0.3) is 5.91 Å². The van der Waals surface area contributed by atoms with Crippen molar-refractivity contribution in [3.8, 4) is 0 Å². The van der Waals surface area contributed by atoms with Crippen molar-refractivity contribution in [2.45, 2.75) is 39.7 Å². The molecule has 0 aliphatic heterocycles. The third-order valence-electron chi connectivity index (χ3n) is 3.69. The molecule has 1 heterocycles. The molecular formula is C16H28N4O. The van der Waals surface area contributed by atoms with Crippen molar-refractivity contribution < 1.29 is 4.79 Å². The lowest BCUT2D eigenvalue weighted by Gasteiger charge is -2.23. The van der Waals surface area contributed by atoms with Crippen LogP contribution in [0.5, 0.6) is 0 Å². The molecule has 0 saturated heterocycles. The van der Waals surface area contributed by atoms with Crippen molar-refractivity contribution in [2.24, 2.45) is 0 Å². The first-order valence-corrected chi connectivity index (χ1v) is 7.77. The smallest absolute Gasteiger partial charge is 0.255 e. The zero-order valence-corrected chi connectivity index (χ0v) is 13.6. The first-order valence-electron chi connectivity index (χ1n) is 7.77. The van der Waals surface area contributed by atoms with Crippen LogP contribution in [0.2, 0.25) is 0 Å². The summed E-state index contributed by atoms with van der Waals surface area (Å²) in [7, 11) is 2.08. The largest absolute Gasteiger partial charge is 0.369 e. The highest BCUT2D eigenvalue weighted by Gasteiger charge is 2.12. The molecule has 1 unspecified atom stereocenters. The second kappa shape index (κ2) is 9.34. The van der Waals surface area contributed by atoms with E-state index in [1.807, 2.05) is 0 Å². The van der Waals surface area contributed by atoms with Gasteiger partial charge in [-0.1, -0.05) is 13.8 Å². The van der Waals surface area contributed by atoms with Gasteiger partial charge in [0.15, 0.2) is 0 Å². The van der Waals surface area contributed by atoms with Crippen LogP contribution in [0.15, 0.2) is 18.3 Å². The van der Waals surface area contributed by atoms with Gasteiger partial charge in [0.2, 0.25) is 0 Å². The number of rotatable bonds is 9. The van der Waals surface area contributed by atoms with Gasteiger partial charge in [0, 0.05) is 31.9 Å². The fourth-order valence-corrected chi connectivity index (χ4v) is 1.95. The third-order valence-corrected chi connectivity index (χ3v) is 3.69. The lowest BCUT2D eigenvalue weighted by molar-refractivity contribution is 0.0948. The summed E-state index contributed by atoms with van der Waals surface area (Å²) >= 11 is 0. The van der Waals surface area contributed by atoms with Crippen LogP contribution in [0.1, 0.15) is 44.0 Å². The van der Waals surface area contributed by atoms with Gasteiger partial charge in [-0.25, -0.2) is 4.98 Å². The molecule has 21 heavy (non-hydrogen) atoms. The molecule has 1 amide bonds. The van der Waals surface area contributed by atoms with Gasteiger partial charge in [0.05, 0.1) is 5.56 Å². The standard InChI is InChI=1S/C16H28N4O/c1-5-9-17-15-14(8-7-10-18-15)16(21)19-11-12-20(4)13(3)6-2/h7-8,10,13H,5-6,9,11-12H2,1-4H3,(H,17,18)(H,19,21). The SMILES string of the molecule is CCCNc1ncccc1C(=O)NCCN(C)C(C)CC. The molecule has 0 radical (unpaired) electrons. The summed E-state index contributed by atoms with van der Waals surface area (Å²) in [6, 6.07) is 4.12. The van der Waals surface area contributed by atoms with Gasteiger partial charge in [-0.3, -0.25) is 4.79 Å². The Morgan fingerprint density at radius 3 is 2.81 bits per heavy atom. The predicted octanol–water partition coefficient (Wildman–Crippen LogP) is 2.36. The van der Waals surface area contributed by atoms with Crippen molar-refractivity contribution >= 4 is 11.7 Å². The average Bonchev–Trinajstić information content (AvgIpc) is 2.52. The number of anilines is 1. The number of hydrogen-bond donors (Lipinski definition) is 2. The number of carbonyl (C=O) groups excluding carboxylic acids is 1. The average molecular weight is 292 g/mol. The normalized spacial score (nSPS) is 12.2. The monoisotopic (exact) mass is 292 g/mol. The number of likely N-dealkylation sites (N-methyl/N-ethyl adjacent to an activating group) is 1. The number of nitrogens with one attached hydrogen (secondary N) is 2. The molecule has 1 rings (SSSR count). The van der Waals surface area contributed by atoms with Crippen LogP contribution >= 0.6 is 0 Å². The van der Waals surface area contributed by atoms with Gasteiger partial charge >= 0.3 is 0 Å². The maximum atomic E-state index is 12.2. The highest BCUT2D eigenvalue weighted by molar-refractivity contribution is 5.98. The molecule has 5 heteroatoms. The maximum Gasteiger partial charge on any atom is 0.255 e. The van der Waals surface area contributed by atoms with Crippen LogP contribution in [0.4, 0.5) is 5.82 Å². The van der Waals surface area contributed by atoms with E-state index in [1.54, 1.807) is 18.3 Å². The molecule has 5 nitrogen and oxygen atoms in total. The fraction of sp³-hybridized carbons (Fsp3) is 0.625. The summed E-state index contributed by atoms with van der Waals surface area (Å²) in [6.07, 6.45) is 3.81. The Bertz CT molecular complexity index is 436. The molecule has 1 atom stereocenters. The van der Waals surface area contributed by atoms with E-state index in [0.717, 1.165) is 25.9 Å². The Kier molecular flexibility index (Phi) is 7.75. The fourth-order valence-electron chi connectivity index (χ4n) is 1.95. The van der Waals surface area contributed by atoms with Crippen LogP contribution in [-0.4, -0.2) is 48.5 Å². The van der Waals surface area contributed by atoms with Crippen molar-refractivity contribution in [1.29, 1.82) is 0 Å². The molecule has 0 fully saturated rings. The number of hydrogen-bond acceptors (Lipinski definition) is 4. The highest BCUT2D eigenvalue weighted by Crippen LogP contribution is 2.11. The molecule has 0 aromatic carbocycles. The minimum absolute atomic E-state index is 0.0701. The predicted molar refractivity (Wildman–Crippen MR) is 87.7 cm³/mol. The van der Waals surface area contributed by atoms with Crippen molar-refractivity contribution in [2.75, 3.05) is 32.0 Å². The lowest BCUT2D eigenvalue weighted by Crippen LogP contribution is -2.37. The summed E-state index contributed by atoms with van der Waals surface area (Å²) in [5.41, 5.74) is 0.608.